The van der Waals surface area contributed by atoms with Gasteiger partial charge in [-0.05, 0) is 78.9 Å². The summed E-state index contributed by atoms with van der Waals surface area (Å²) in [6, 6.07) is 0. The summed E-state index contributed by atoms with van der Waals surface area (Å²) in [5.41, 5.74) is 2.40. The van der Waals surface area contributed by atoms with Crippen molar-refractivity contribution >= 4 is 21.9 Å². The summed E-state index contributed by atoms with van der Waals surface area (Å²) < 4.78 is 5.63. The van der Waals surface area contributed by atoms with Crippen LogP contribution in [0, 0.1) is 40.4 Å². The molecule has 0 aliphatic heterocycles. The van der Waals surface area contributed by atoms with Gasteiger partial charge in [0.2, 0.25) is 0 Å². The van der Waals surface area contributed by atoms with Gasteiger partial charge in [0.1, 0.15) is 6.10 Å². The first kappa shape index (κ1) is 23.8. The van der Waals surface area contributed by atoms with Gasteiger partial charge in [-0.15, -0.1) is 0 Å². The van der Waals surface area contributed by atoms with Crippen molar-refractivity contribution in [3.8, 4) is 0 Å². The Hall–Kier alpha value is -0.310. The highest BCUT2D eigenvalue weighted by Gasteiger charge is 2.61. The number of hydrogen-bond donors (Lipinski definition) is 0. The normalized spacial score (nSPS) is 45.2. The minimum Gasteiger partial charge on any atom is -0.462 e. The molecule has 0 saturated heterocycles. The van der Waals surface area contributed by atoms with Crippen molar-refractivity contribution in [2.75, 3.05) is 0 Å². The van der Waals surface area contributed by atoms with E-state index in [1.54, 1.807) is 12.5 Å². The molecular formula is C28H45BrO2. The number of carbonyl (C=O) groups is 1. The third kappa shape index (κ3) is 4.19. The lowest BCUT2D eigenvalue weighted by Crippen LogP contribution is -2.54. The van der Waals surface area contributed by atoms with Gasteiger partial charge in [-0.3, -0.25) is 4.79 Å². The lowest BCUT2D eigenvalue weighted by Gasteiger charge is -2.59. The van der Waals surface area contributed by atoms with Crippen molar-refractivity contribution in [1.82, 2.24) is 0 Å². The number of rotatable bonds is 6. The maximum atomic E-state index is 11.5. The first-order chi connectivity index (χ1) is 14.7. The summed E-state index contributed by atoms with van der Waals surface area (Å²) in [5, 5.41) is 0. The molecule has 176 valence electrons. The van der Waals surface area contributed by atoms with E-state index in [1.165, 1.54) is 57.8 Å². The molecule has 9 atom stereocenters. The molecule has 6 unspecified atom stereocenters. The number of halogens is 1. The molecule has 3 fully saturated rings. The smallest absolute Gasteiger partial charge is 0.302 e. The van der Waals surface area contributed by atoms with Crippen molar-refractivity contribution in [2.45, 2.75) is 116 Å². The summed E-state index contributed by atoms with van der Waals surface area (Å²) >= 11 is 4.17. The Morgan fingerprint density at radius 2 is 1.94 bits per heavy atom. The van der Waals surface area contributed by atoms with E-state index in [4.69, 9.17) is 4.74 Å². The molecule has 2 nitrogen and oxygen atoms in total. The quantitative estimate of drug-likeness (QED) is 0.162. The zero-order chi connectivity index (χ0) is 22.4. The molecule has 0 amide bonds. The van der Waals surface area contributed by atoms with Gasteiger partial charge >= 0.3 is 5.97 Å². The molecule has 3 saturated carbocycles. The number of unbranched alkanes of at least 4 members (excludes halogenated alkanes) is 2. The van der Waals surface area contributed by atoms with E-state index in [0.29, 0.717) is 15.7 Å². The first-order valence-corrected chi connectivity index (χ1v) is 14.1. The first-order valence-electron chi connectivity index (χ1n) is 13.2. The monoisotopic (exact) mass is 492 g/mol. The van der Waals surface area contributed by atoms with Crippen LogP contribution in [0.1, 0.15) is 105 Å². The third-order valence-corrected chi connectivity index (χ3v) is 11.3. The highest BCUT2D eigenvalue weighted by molar-refractivity contribution is 9.09. The summed E-state index contributed by atoms with van der Waals surface area (Å²) in [5.74, 6) is 4.06. The number of carbonyl (C=O) groups excluding carboxylic acids is 1. The molecule has 4 aliphatic carbocycles. The Balaban J connectivity index is 1.54. The summed E-state index contributed by atoms with van der Waals surface area (Å²) in [6.45, 7) is 11.6. The van der Waals surface area contributed by atoms with Crippen LogP contribution in [0.3, 0.4) is 0 Å². The average Bonchev–Trinajstić information content (AvgIpc) is 3.06. The molecule has 4 rings (SSSR count). The van der Waals surface area contributed by atoms with Gasteiger partial charge < -0.3 is 4.74 Å². The Labute approximate surface area is 199 Å². The van der Waals surface area contributed by atoms with Crippen LogP contribution in [0.25, 0.3) is 0 Å². The summed E-state index contributed by atoms with van der Waals surface area (Å²) in [7, 11) is 0. The molecule has 0 aromatic carbocycles. The predicted octanol–water partition coefficient (Wildman–Crippen LogP) is 8.09. The van der Waals surface area contributed by atoms with E-state index < -0.39 is 0 Å². The van der Waals surface area contributed by atoms with Crippen molar-refractivity contribution in [3.05, 3.63) is 11.6 Å². The van der Waals surface area contributed by atoms with Crippen molar-refractivity contribution in [3.63, 3.8) is 0 Å². The van der Waals surface area contributed by atoms with Gasteiger partial charge in [-0.2, -0.15) is 0 Å². The minimum absolute atomic E-state index is 0.0850. The van der Waals surface area contributed by atoms with Gasteiger partial charge in [-0.1, -0.05) is 81.0 Å². The maximum absolute atomic E-state index is 11.5. The van der Waals surface area contributed by atoms with Crippen LogP contribution >= 0.6 is 15.9 Å². The molecule has 4 aliphatic rings. The number of ether oxygens (including phenoxy) is 1. The second-order valence-electron chi connectivity index (χ2n) is 12.0. The Kier molecular flexibility index (Phi) is 7.03. The third-order valence-electron chi connectivity index (χ3n) is 10.4. The molecule has 0 radical (unpaired) electrons. The van der Waals surface area contributed by atoms with Crippen LogP contribution in [0.4, 0.5) is 0 Å². The van der Waals surface area contributed by atoms with Gasteiger partial charge in [0.05, 0.1) is 0 Å². The fraction of sp³-hybridized carbons (Fsp3) is 0.893. The fourth-order valence-corrected chi connectivity index (χ4v) is 9.85. The minimum atomic E-state index is -0.128. The second-order valence-corrected chi connectivity index (χ2v) is 13.1. The topological polar surface area (TPSA) is 26.3 Å². The summed E-state index contributed by atoms with van der Waals surface area (Å²) in [4.78, 5) is 12.0. The predicted molar refractivity (Wildman–Crippen MR) is 132 cm³/mol. The Morgan fingerprint density at radius 3 is 2.65 bits per heavy atom. The molecule has 0 aromatic rings. The van der Waals surface area contributed by atoms with Crippen molar-refractivity contribution < 1.29 is 9.53 Å². The van der Waals surface area contributed by atoms with Gasteiger partial charge in [-0.25, -0.2) is 0 Å². The zero-order valence-electron chi connectivity index (χ0n) is 20.6. The Morgan fingerprint density at radius 1 is 1.16 bits per heavy atom. The molecular weight excluding hydrogens is 448 g/mol. The molecule has 0 heterocycles. The van der Waals surface area contributed by atoms with E-state index in [2.05, 4.69) is 49.7 Å². The highest BCUT2D eigenvalue weighted by Crippen LogP contribution is 2.68. The molecule has 0 bridgehead atoms. The van der Waals surface area contributed by atoms with E-state index in [0.717, 1.165) is 42.4 Å². The van der Waals surface area contributed by atoms with Crippen molar-refractivity contribution in [2.24, 2.45) is 40.4 Å². The molecule has 0 spiro atoms. The number of allylic oxidation sites excluding steroid dienone is 1. The van der Waals surface area contributed by atoms with E-state index >= 15 is 0 Å². The van der Waals surface area contributed by atoms with Gasteiger partial charge in [0.15, 0.2) is 0 Å². The van der Waals surface area contributed by atoms with Gasteiger partial charge in [0, 0.05) is 18.2 Å². The highest BCUT2D eigenvalue weighted by atomic mass is 79.9. The van der Waals surface area contributed by atoms with Crippen LogP contribution in [0.15, 0.2) is 11.6 Å². The lowest BCUT2D eigenvalue weighted by molar-refractivity contribution is -0.148. The largest absolute Gasteiger partial charge is 0.462 e. The number of hydrogen-bond acceptors (Lipinski definition) is 2. The lowest BCUT2D eigenvalue weighted by atomic mass is 9.47. The number of fused-ring (bicyclic) bond motifs is 5. The van der Waals surface area contributed by atoms with Crippen LogP contribution < -0.4 is 0 Å². The van der Waals surface area contributed by atoms with E-state index in [1.807, 2.05) is 0 Å². The van der Waals surface area contributed by atoms with Crippen LogP contribution in [0.2, 0.25) is 0 Å². The van der Waals surface area contributed by atoms with Crippen LogP contribution in [0.5, 0.6) is 0 Å². The van der Waals surface area contributed by atoms with Crippen molar-refractivity contribution in [1.29, 1.82) is 0 Å². The summed E-state index contributed by atoms with van der Waals surface area (Å²) in [6.07, 6.45) is 17.0. The standard InChI is InChI=1S/C28H45BrO2/c1-6-7-8-9-18(2)22-10-11-23-26-24(13-15-28(22,23)5)27(4)14-12-21(31-19(3)30)16-20(27)17-25(26)29/h17-18,21-26H,6-16H2,1-5H3/t18-,21?,22?,23?,24?,25?,26?,27+,28-/m1/s1. The molecule has 0 aromatic heterocycles. The van der Waals surface area contributed by atoms with Crippen LogP contribution in [-0.4, -0.2) is 16.9 Å². The second kappa shape index (κ2) is 9.15. The SMILES string of the molecule is CCCCC[C@@H](C)C1CCC2C3C(Br)C=C4CC(OC(C)=O)CC[C@]4(C)C3CC[C@@]21C. The molecule has 3 heteroatoms. The Bertz CT molecular complexity index is 701. The van der Waals surface area contributed by atoms with Gasteiger partial charge in [0.25, 0.3) is 0 Å². The maximum Gasteiger partial charge on any atom is 0.302 e. The molecule has 31 heavy (non-hydrogen) atoms. The zero-order valence-corrected chi connectivity index (χ0v) is 22.2. The number of alkyl halides is 1. The molecule has 0 N–H and O–H groups in total. The van der Waals surface area contributed by atoms with E-state index in [9.17, 15) is 4.79 Å². The van der Waals surface area contributed by atoms with Crippen LogP contribution in [-0.2, 0) is 9.53 Å². The van der Waals surface area contributed by atoms with E-state index in [-0.39, 0.29) is 12.1 Å². The average molecular weight is 494 g/mol. The fourth-order valence-electron chi connectivity index (χ4n) is 8.80. The number of esters is 1.